The van der Waals surface area contributed by atoms with Crippen LogP contribution in [0.5, 0.6) is 0 Å². The van der Waals surface area contributed by atoms with Gasteiger partial charge in [-0.05, 0) is 44.0 Å². The topological polar surface area (TPSA) is 76.6 Å². The van der Waals surface area contributed by atoms with Crippen molar-refractivity contribution in [1.82, 2.24) is 24.5 Å². The van der Waals surface area contributed by atoms with E-state index >= 15 is 0 Å². The first kappa shape index (κ1) is 24.4. The van der Waals surface area contributed by atoms with Gasteiger partial charge in [0, 0.05) is 49.8 Å². The van der Waals surface area contributed by atoms with Gasteiger partial charge >= 0.3 is 0 Å². The van der Waals surface area contributed by atoms with Crippen LogP contribution in [0, 0.1) is 19.8 Å². The molecular weight excluding hydrogens is 454 g/mol. The van der Waals surface area contributed by atoms with Crippen LogP contribution in [0.1, 0.15) is 36.6 Å². The number of hydrogen-bond donors (Lipinski definition) is 0. The number of hydrogen-bond acceptors (Lipinski definition) is 6. The summed E-state index contributed by atoms with van der Waals surface area (Å²) >= 11 is 6.01. The van der Waals surface area contributed by atoms with Gasteiger partial charge in [0.25, 0.3) is 0 Å². The molecule has 182 valence electrons. The second-order valence-corrected chi connectivity index (χ2v) is 9.74. The molecule has 0 spiro atoms. The molecule has 1 aliphatic heterocycles. The van der Waals surface area contributed by atoms with Gasteiger partial charge in [0.05, 0.1) is 30.0 Å². The number of pyridine rings is 1. The zero-order valence-electron chi connectivity index (χ0n) is 20.2. The number of aryl methyl sites for hydroxylation is 2. The Bertz CT molecular complexity index is 1090. The highest BCUT2D eigenvalue weighted by molar-refractivity contribution is 6.30. The summed E-state index contributed by atoms with van der Waals surface area (Å²) in [6.07, 6.45) is 3.48. The van der Waals surface area contributed by atoms with E-state index in [1.165, 1.54) is 0 Å². The van der Waals surface area contributed by atoms with E-state index in [1.54, 1.807) is 6.20 Å². The monoisotopic (exact) mass is 485 g/mol. The van der Waals surface area contributed by atoms with Gasteiger partial charge in [-0.2, -0.15) is 0 Å². The molecule has 1 atom stereocenters. The maximum absolute atomic E-state index is 13.1. The van der Waals surface area contributed by atoms with Crippen LogP contribution in [0.2, 0.25) is 5.02 Å². The Morgan fingerprint density at radius 2 is 2.06 bits per heavy atom. The number of ether oxygens (including phenoxy) is 1. The predicted molar refractivity (Wildman–Crippen MR) is 130 cm³/mol. The Morgan fingerprint density at radius 1 is 1.24 bits per heavy atom. The largest absolute Gasteiger partial charge is 0.370 e. The fourth-order valence-electron chi connectivity index (χ4n) is 4.31. The van der Waals surface area contributed by atoms with Gasteiger partial charge in [-0.15, -0.1) is 0 Å². The van der Waals surface area contributed by atoms with Crippen molar-refractivity contribution in [3.8, 4) is 5.82 Å². The van der Waals surface area contributed by atoms with E-state index in [4.69, 9.17) is 20.9 Å². The SMILES string of the molecule is Cc1noc(C)c1CO[C@H]1CN(Cc2cccn2-c2ccc(Cl)cn2)CC(=O)N(CC(C)C)C1. The minimum Gasteiger partial charge on any atom is -0.370 e. The molecule has 34 heavy (non-hydrogen) atoms. The molecule has 0 bridgehead atoms. The summed E-state index contributed by atoms with van der Waals surface area (Å²) in [7, 11) is 0. The molecule has 4 heterocycles. The van der Waals surface area contributed by atoms with E-state index in [9.17, 15) is 4.79 Å². The molecule has 3 aromatic heterocycles. The van der Waals surface area contributed by atoms with Gasteiger partial charge in [-0.1, -0.05) is 30.6 Å². The summed E-state index contributed by atoms with van der Waals surface area (Å²) in [5, 5.41) is 4.62. The van der Waals surface area contributed by atoms with Crippen molar-refractivity contribution in [3.05, 3.63) is 64.4 Å². The normalized spacial score (nSPS) is 17.5. The highest BCUT2D eigenvalue weighted by atomic mass is 35.5. The predicted octanol–water partition coefficient (Wildman–Crippen LogP) is 4.02. The fraction of sp³-hybridized carbons (Fsp3) is 0.480. The maximum atomic E-state index is 13.1. The number of aromatic nitrogens is 3. The number of halogens is 1. The van der Waals surface area contributed by atoms with E-state index in [1.807, 2.05) is 47.7 Å². The smallest absolute Gasteiger partial charge is 0.236 e. The average Bonchev–Trinajstić information content (AvgIpc) is 3.33. The standard InChI is InChI=1S/C25H32ClN5O3/c1-17(2)11-30-14-22(33-16-23-18(3)28-34-19(23)4)13-29(15-25(30)32)12-21-6-5-9-31(21)24-8-7-20(26)10-27-24/h5-10,17,22H,11-16H2,1-4H3/t22-/m0/s1. The molecule has 0 saturated carbocycles. The Balaban J connectivity index is 1.52. The van der Waals surface area contributed by atoms with E-state index < -0.39 is 0 Å². The lowest BCUT2D eigenvalue weighted by molar-refractivity contribution is -0.132. The highest BCUT2D eigenvalue weighted by Gasteiger charge is 2.29. The number of rotatable bonds is 8. The first-order valence-electron chi connectivity index (χ1n) is 11.6. The summed E-state index contributed by atoms with van der Waals surface area (Å²) in [6.45, 7) is 11.3. The molecule has 1 amide bonds. The van der Waals surface area contributed by atoms with Crippen LogP contribution < -0.4 is 0 Å². The van der Waals surface area contributed by atoms with Crippen molar-refractivity contribution in [2.75, 3.05) is 26.2 Å². The van der Waals surface area contributed by atoms with Crippen molar-refractivity contribution < 1.29 is 14.1 Å². The van der Waals surface area contributed by atoms with Gasteiger partial charge in [-0.25, -0.2) is 4.98 Å². The minimum absolute atomic E-state index is 0.125. The van der Waals surface area contributed by atoms with Crippen LogP contribution in [-0.2, 0) is 22.7 Å². The van der Waals surface area contributed by atoms with Crippen LogP contribution in [0.15, 0.2) is 41.2 Å². The molecule has 0 aliphatic carbocycles. The zero-order chi connectivity index (χ0) is 24.2. The number of amides is 1. The molecule has 1 fully saturated rings. The molecular formula is C25H32ClN5O3. The second kappa shape index (κ2) is 10.7. The summed E-state index contributed by atoms with van der Waals surface area (Å²) in [6, 6.07) is 7.75. The van der Waals surface area contributed by atoms with Crippen molar-refractivity contribution in [1.29, 1.82) is 0 Å². The molecule has 0 N–H and O–H groups in total. The summed E-state index contributed by atoms with van der Waals surface area (Å²) in [5.41, 5.74) is 2.86. The van der Waals surface area contributed by atoms with Crippen molar-refractivity contribution in [2.24, 2.45) is 5.92 Å². The van der Waals surface area contributed by atoms with Gasteiger partial charge < -0.3 is 18.7 Å². The van der Waals surface area contributed by atoms with Gasteiger partial charge in [0.2, 0.25) is 5.91 Å². The third-order valence-electron chi connectivity index (χ3n) is 6.00. The number of carbonyl (C=O) groups is 1. The Hall–Kier alpha value is -2.68. The minimum atomic E-state index is -0.129. The quantitative estimate of drug-likeness (QED) is 0.479. The van der Waals surface area contributed by atoms with Crippen molar-refractivity contribution >= 4 is 17.5 Å². The lowest BCUT2D eigenvalue weighted by Gasteiger charge is -2.26. The van der Waals surface area contributed by atoms with Gasteiger partial charge in [0.15, 0.2) is 0 Å². The Labute approximate surface area is 205 Å². The van der Waals surface area contributed by atoms with Gasteiger partial charge in [0.1, 0.15) is 11.6 Å². The lowest BCUT2D eigenvalue weighted by atomic mass is 10.2. The van der Waals surface area contributed by atoms with Gasteiger partial charge in [-0.3, -0.25) is 9.69 Å². The Morgan fingerprint density at radius 3 is 2.74 bits per heavy atom. The molecule has 9 heteroatoms. The summed E-state index contributed by atoms with van der Waals surface area (Å²) < 4.78 is 13.6. The van der Waals surface area contributed by atoms with E-state index in [0.29, 0.717) is 50.3 Å². The molecule has 0 radical (unpaired) electrons. The van der Waals surface area contributed by atoms with E-state index in [-0.39, 0.29) is 12.0 Å². The second-order valence-electron chi connectivity index (χ2n) is 9.30. The number of carbonyl (C=O) groups excluding carboxylic acids is 1. The molecule has 0 unspecified atom stereocenters. The maximum Gasteiger partial charge on any atom is 0.236 e. The van der Waals surface area contributed by atoms with Crippen molar-refractivity contribution in [2.45, 2.75) is 47.0 Å². The molecule has 4 rings (SSSR count). The van der Waals surface area contributed by atoms with Crippen LogP contribution >= 0.6 is 11.6 Å². The lowest BCUT2D eigenvalue weighted by Crippen LogP contribution is -2.40. The van der Waals surface area contributed by atoms with Crippen LogP contribution in [0.3, 0.4) is 0 Å². The zero-order valence-corrected chi connectivity index (χ0v) is 21.0. The number of nitrogens with zero attached hydrogens (tertiary/aromatic N) is 5. The summed E-state index contributed by atoms with van der Waals surface area (Å²) in [5.74, 6) is 2.07. The van der Waals surface area contributed by atoms with E-state index in [2.05, 4.69) is 35.0 Å². The molecule has 1 aliphatic rings. The highest BCUT2D eigenvalue weighted by Crippen LogP contribution is 2.20. The van der Waals surface area contributed by atoms with Crippen LogP contribution in [0.25, 0.3) is 5.82 Å². The van der Waals surface area contributed by atoms with Crippen molar-refractivity contribution in [3.63, 3.8) is 0 Å². The first-order chi connectivity index (χ1) is 16.3. The third-order valence-corrected chi connectivity index (χ3v) is 6.23. The Kier molecular flexibility index (Phi) is 7.70. The van der Waals surface area contributed by atoms with Crippen LogP contribution in [0.4, 0.5) is 0 Å². The fourth-order valence-corrected chi connectivity index (χ4v) is 4.42. The summed E-state index contributed by atoms with van der Waals surface area (Å²) in [4.78, 5) is 21.7. The molecule has 1 saturated heterocycles. The van der Waals surface area contributed by atoms with E-state index in [0.717, 1.165) is 28.5 Å². The third kappa shape index (κ3) is 5.87. The molecule has 3 aromatic rings. The molecule has 8 nitrogen and oxygen atoms in total. The average molecular weight is 486 g/mol. The molecule has 0 aromatic carbocycles. The van der Waals surface area contributed by atoms with Crippen LogP contribution in [-0.4, -0.2) is 62.7 Å². The first-order valence-corrected chi connectivity index (χ1v) is 12.0.